The second-order valence-corrected chi connectivity index (χ2v) is 5.69. The lowest BCUT2D eigenvalue weighted by atomic mass is 9.89. The Labute approximate surface area is 114 Å². The minimum Gasteiger partial charge on any atom is -0.465 e. The van der Waals surface area contributed by atoms with E-state index in [4.69, 9.17) is 4.74 Å². The molecular weight excluding hydrogens is 240 g/mol. The van der Waals surface area contributed by atoms with E-state index in [0.29, 0.717) is 16.7 Å². The van der Waals surface area contributed by atoms with Crippen LogP contribution in [0, 0.1) is 12.3 Å². The molecule has 1 aliphatic carbocycles. The molecule has 0 bridgehead atoms. The first-order valence-electron chi connectivity index (χ1n) is 6.84. The minimum atomic E-state index is -0.334. The van der Waals surface area contributed by atoms with Crippen molar-refractivity contribution in [2.24, 2.45) is 5.41 Å². The van der Waals surface area contributed by atoms with Crippen LogP contribution in [0.4, 0.5) is 5.82 Å². The number of hydrogen-bond donors (Lipinski definition) is 1. The molecule has 0 spiro atoms. The molecule has 0 aromatic carbocycles. The van der Waals surface area contributed by atoms with Gasteiger partial charge < -0.3 is 10.1 Å². The van der Waals surface area contributed by atoms with Crippen molar-refractivity contribution < 1.29 is 9.53 Å². The maximum Gasteiger partial charge on any atom is 0.339 e. The van der Waals surface area contributed by atoms with Crippen LogP contribution in [0.25, 0.3) is 0 Å². The average Bonchev–Trinajstić information content (AvgIpc) is 2.83. The molecule has 1 N–H and O–H groups in total. The molecule has 0 unspecified atom stereocenters. The van der Waals surface area contributed by atoms with Gasteiger partial charge >= 0.3 is 5.97 Å². The largest absolute Gasteiger partial charge is 0.465 e. The fourth-order valence-corrected chi connectivity index (χ4v) is 2.69. The van der Waals surface area contributed by atoms with Crippen molar-refractivity contribution in [3.8, 4) is 0 Å². The molecule has 1 aliphatic rings. The molecule has 1 fully saturated rings. The van der Waals surface area contributed by atoms with Crippen LogP contribution in [0.3, 0.4) is 0 Å². The number of rotatable bonds is 4. The second-order valence-electron chi connectivity index (χ2n) is 5.69. The first-order chi connectivity index (χ1) is 9.04. The maximum atomic E-state index is 11.5. The van der Waals surface area contributed by atoms with Gasteiger partial charge in [0.15, 0.2) is 0 Å². The molecule has 0 aliphatic heterocycles. The van der Waals surface area contributed by atoms with Crippen molar-refractivity contribution in [3.63, 3.8) is 0 Å². The van der Waals surface area contributed by atoms with Gasteiger partial charge in [-0.25, -0.2) is 9.78 Å². The average molecular weight is 262 g/mol. The maximum absolute atomic E-state index is 11.5. The van der Waals surface area contributed by atoms with Gasteiger partial charge in [0.05, 0.1) is 18.4 Å². The molecule has 0 atom stereocenters. The zero-order valence-electron chi connectivity index (χ0n) is 12.0. The summed E-state index contributed by atoms with van der Waals surface area (Å²) in [4.78, 5) is 15.9. The summed E-state index contributed by atoms with van der Waals surface area (Å²) in [5, 5.41) is 3.39. The Hall–Kier alpha value is -1.58. The van der Waals surface area contributed by atoms with Gasteiger partial charge in [0.25, 0.3) is 0 Å². The normalized spacial score (nSPS) is 17.2. The lowest BCUT2D eigenvalue weighted by molar-refractivity contribution is 0.0599. The zero-order valence-corrected chi connectivity index (χ0v) is 12.0. The number of hydrogen-bond acceptors (Lipinski definition) is 4. The molecular formula is C15H22N2O2. The number of esters is 1. The number of aromatic nitrogens is 1. The van der Waals surface area contributed by atoms with Gasteiger partial charge in [0.2, 0.25) is 0 Å². The van der Waals surface area contributed by atoms with Crippen molar-refractivity contribution >= 4 is 11.8 Å². The van der Waals surface area contributed by atoms with Crippen LogP contribution in [0.1, 0.15) is 48.7 Å². The van der Waals surface area contributed by atoms with Crippen molar-refractivity contribution in [2.75, 3.05) is 19.0 Å². The summed E-state index contributed by atoms with van der Waals surface area (Å²) in [5.74, 6) is 0.498. The third-order valence-electron chi connectivity index (χ3n) is 4.00. The summed E-state index contributed by atoms with van der Waals surface area (Å²) in [6.07, 6.45) is 5.20. The van der Waals surface area contributed by atoms with Crippen LogP contribution in [-0.2, 0) is 4.74 Å². The number of nitrogens with zero attached hydrogens (tertiary/aromatic N) is 1. The van der Waals surface area contributed by atoms with E-state index in [-0.39, 0.29) is 5.97 Å². The van der Waals surface area contributed by atoms with Gasteiger partial charge in [-0.05, 0) is 37.3 Å². The van der Waals surface area contributed by atoms with Crippen LogP contribution < -0.4 is 5.32 Å². The van der Waals surface area contributed by atoms with Gasteiger partial charge in [-0.15, -0.1) is 0 Å². The van der Waals surface area contributed by atoms with Crippen molar-refractivity contribution in [1.29, 1.82) is 0 Å². The highest BCUT2D eigenvalue weighted by Crippen LogP contribution is 2.37. The highest BCUT2D eigenvalue weighted by molar-refractivity contribution is 5.90. The van der Waals surface area contributed by atoms with Gasteiger partial charge in [0, 0.05) is 6.54 Å². The SMILES string of the molecule is COC(=O)c1ccc(NCC2(C)CCCC2)nc1C. The molecule has 1 heterocycles. The number of nitrogens with one attached hydrogen (secondary N) is 1. The molecule has 4 nitrogen and oxygen atoms in total. The molecule has 1 saturated carbocycles. The first kappa shape index (κ1) is 13.8. The smallest absolute Gasteiger partial charge is 0.339 e. The molecule has 0 radical (unpaired) electrons. The second kappa shape index (κ2) is 5.59. The quantitative estimate of drug-likeness (QED) is 0.847. The Morgan fingerprint density at radius 1 is 1.42 bits per heavy atom. The van der Waals surface area contributed by atoms with Gasteiger partial charge in [-0.2, -0.15) is 0 Å². The number of pyridine rings is 1. The third-order valence-corrected chi connectivity index (χ3v) is 4.00. The number of carbonyl (C=O) groups is 1. The predicted octanol–water partition coefficient (Wildman–Crippen LogP) is 3.17. The molecule has 104 valence electrons. The van der Waals surface area contributed by atoms with Crippen LogP contribution in [-0.4, -0.2) is 24.6 Å². The highest BCUT2D eigenvalue weighted by Gasteiger charge is 2.28. The lowest BCUT2D eigenvalue weighted by Crippen LogP contribution is -2.23. The predicted molar refractivity (Wildman–Crippen MR) is 75.4 cm³/mol. The fraction of sp³-hybridized carbons (Fsp3) is 0.600. The van der Waals surface area contributed by atoms with E-state index in [0.717, 1.165) is 12.4 Å². The summed E-state index contributed by atoms with van der Waals surface area (Å²) >= 11 is 0. The van der Waals surface area contributed by atoms with Crippen molar-refractivity contribution in [1.82, 2.24) is 4.98 Å². The highest BCUT2D eigenvalue weighted by atomic mass is 16.5. The Balaban J connectivity index is 2.02. The summed E-state index contributed by atoms with van der Waals surface area (Å²) in [7, 11) is 1.38. The topological polar surface area (TPSA) is 51.2 Å². The Bertz CT molecular complexity index is 465. The third kappa shape index (κ3) is 3.25. The number of carbonyl (C=O) groups excluding carboxylic acids is 1. The van der Waals surface area contributed by atoms with E-state index in [9.17, 15) is 4.79 Å². The summed E-state index contributed by atoms with van der Waals surface area (Å²) in [6, 6.07) is 3.62. The number of aryl methyl sites for hydroxylation is 1. The van der Waals surface area contributed by atoms with Crippen molar-refractivity contribution in [2.45, 2.75) is 39.5 Å². The Morgan fingerprint density at radius 2 is 2.11 bits per heavy atom. The molecule has 0 saturated heterocycles. The van der Waals surface area contributed by atoms with Crippen LogP contribution in [0.15, 0.2) is 12.1 Å². The lowest BCUT2D eigenvalue weighted by Gasteiger charge is -2.24. The number of methoxy groups -OCH3 is 1. The van der Waals surface area contributed by atoms with Gasteiger partial charge in [-0.1, -0.05) is 19.8 Å². The van der Waals surface area contributed by atoms with Gasteiger partial charge in [0.1, 0.15) is 5.82 Å². The summed E-state index contributed by atoms with van der Waals surface area (Å²) in [6.45, 7) is 5.09. The van der Waals surface area contributed by atoms with Crippen LogP contribution in [0.2, 0.25) is 0 Å². The van der Waals surface area contributed by atoms with E-state index in [1.165, 1.54) is 32.8 Å². The van der Waals surface area contributed by atoms with E-state index in [2.05, 4.69) is 17.2 Å². The number of anilines is 1. The van der Waals surface area contributed by atoms with Crippen molar-refractivity contribution in [3.05, 3.63) is 23.4 Å². The summed E-state index contributed by atoms with van der Waals surface area (Å²) in [5.41, 5.74) is 1.62. The number of ether oxygens (including phenoxy) is 1. The molecule has 2 rings (SSSR count). The van der Waals surface area contributed by atoms with E-state index >= 15 is 0 Å². The Kier molecular flexibility index (Phi) is 4.08. The fourth-order valence-electron chi connectivity index (χ4n) is 2.69. The monoisotopic (exact) mass is 262 g/mol. The van der Waals surface area contributed by atoms with Crippen LogP contribution in [0.5, 0.6) is 0 Å². The minimum absolute atomic E-state index is 0.334. The van der Waals surface area contributed by atoms with Crippen LogP contribution >= 0.6 is 0 Å². The molecule has 0 amide bonds. The molecule has 4 heteroatoms. The van der Waals surface area contributed by atoms with Gasteiger partial charge in [-0.3, -0.25) is 0 Å². The standard InChI is InChI=1S/C15H22N2O2/c1-11-12(14(18)19-3)6-7-13(17-11)16-10-15(2)8-4-5-9-15/h6-7H,4-5,8-10H2,1-3H3,(H,16,17). The van der Waals surface area contributed by atoms with E-state index < -0.39 is 0 Å². The zero-order chi connectivity index (χ0) is 13.9. The Morgan fingerprint density at radius 3 is 2.68 bits per heavy atom. The van der Waals surface area contributed by atoms with E-state index in [1.807, 2.05) is 13.0 Å². The first-order valence-corrected chi connectivity index (χ1v) is 6.84. The molecule has 1 aromatic heterocycles. The van der Waals surface area contributed by atoms with E-state index in [1.54, 1.807) is 6.07 Å². The molecule has 19 heavy (non-hydrogen) atoms. The molecule has 1 aromatic rings. The summed E-state index contributed by atoms with van der Waals surface area (Å²) < 4.78 is 4.71.